The van der Waals surface area contributed by atoms with Gasteiger partial charge in [0, 0.05) is 25.7 Å². The Hall–Kier alpha value is -1.16. The zero-order valence-corrected chi connectivity index (χ0v) is 30.7. The molecule has 0 N–H and O–H groups in total. The number of hydrogen-bond acceptors (Lipinski definition) is 3. The van der Waals surface area contributed by atoms with Gasteiger partial charge in [0.25, 0.3) is 0 Å². The molecule has 0 aromatic rings. The van der Waals surface area contributed by atoms with Gasteiger partial charge in [-0.1, -0.05) is 140 Å². The van der Waals surface area contributed by atoms with Crippen LogP contribution in [-0.4, -0.2) is 51.0 Å². The van der Waals surface area contributed by atoms with E-state index < -0.39 is 0 Å². The maximum Gasteiger partial charge on any atom is 0.0907 e. The quantitative estimate of drug-likeness (QED) is 0.0523. The summed E-state index contributed by atoms with van der Waals surface area (Å²) in [6.07, 6.45) is 50.3. The van der Waals surface area contributed by atoms with Gasteiger partial charge in [0.05, 0.1) is 12.2 Å². The maximum absolute atomic E-state index is 6.31. The zero-order valence-electron chi connectivity index (χ0n) is 30.7. The summed E-state index contributed by atoms with van der Waals surface area (Å²) in [7, 11) is 4.33. The Morgan fingerprint density at radius 3 is 1.11 bits per heavy atom. The van der Waals surface area contributed by atoms with Crippen molar-refractivity contribution >= 4 is 0 Å². The second-order valence-electron chi connectivity index (χ2n) is 13.8. The summed E-state index contributed by atoms with van der Waals surface area (Å²) in [5, 5.41) is 0. The highest BCUT2D eigenvalue weighted by atomic mass is 16.6. The summed E-state index contributed by atoms with van der Waals surface area (Å²) < 4.78 is 12.6. The molecule has 0 spiro atoms. The molecule has 3 atom stereocenters. The predicted octanol–water partition coefficient (Wildman–Crippen LogP) is 12.6. The minimum absolute atomic E-state index is 0.315. The number of rotatable bonds is 34. The summed E-state index contributed by atoms with van der Waals surface area (Å²) in [5.74, 6) is 0.550. The van der Waals surface area contributed by atoms with Gasteiger partial charge in [-0.3, -0.25) is 0 Å². The molecule has 0 amide bonds. The molecule has 262 valence electrons. The van der Waals surface area contributed by atoms with Crippen molar-refractivity contribution in [1.82, 2.24) is 4.90 Å². The third kappa shape index (κ3) is 27.6. The fourth-order valence-corrected chi connectivity index (χ4v) is 6.00. The molecule has 0 aromatic carbocycles. The van der Waals surface area contributed by atoms with Crippen molar-refractivity contribution in [3.63, 3.8) is 0 Å². The van der Waals surface area contributed by atoms with Crippen molar-refractivity contribution in [2.75, 3.05) is 33.9 Å². The van der Waals surface area contributed by atoms with Gasteiger partial charge in [0.1, 0.15) is 0 Å². The standard InChI is InChI=1S/C42H77NO2/c1-5-7-9-11-13-15-17-19-21-23-25-27-29-31-33-35-37-44-41-40(39-43(3)4)42(41)45-38-36-34-32-30-28-26-24-22-20-18-16-14-12-10-8-6-2/h13-16,19-22,40-42H,5-12,17-18,23-39H2,1-4H3/b15-13-,16-14-,21-19-,22-20-/t40?,41-,42+. The Morgan fingerprint density at radius 1 is 0.422 bits per heavy atom. The van der Waals surface area contributed by atoms with E-state index in [1.165, 1.54) is 141 Å². The summed E-state index contributed by atoms with van der Waals surface area (Å²) in [6.45, 7) is 7.40. The van der Waals surface area contributed by atoms with Crippen LogP contribution in [0.15, 0.2) is 48.6 Å². The van der Waals surface area contributed by atoms with Gasteiger partial charge in [-0.05, 0) is 91.1 Å². The van der Waals surface area contributed by atoms with Crippen LogP contribution >= 0.6 is 0 Å². The molecule has 1 fully saturated rings. The number of allylic oxidation sites excluding steroid dienone is 8. The van der Waals surface area contributed by atoms with E-state index in [9.17, 15) is 0 Å². The largest absolute Gasteiger partial charge is 0.375 e. The van der Waals surface area contributed by atoms with Crippen molar-refractivity contribution < 1.29 is 9.47 Å². The van der Waals surface area contributed by atoms with Crippen molar-refractivity contribution in [2.45, 2.75) is 180 Å². The molecule has 1 unspecified atom stereocenters. The molecule has 3 heteroatoms. The van der Waals surface area contributed by atoms with Gasteiger partial charge in [0.15, 0.2) is 0 Å². The lowest BCUT2D eigenvalue weighted by molar-refractivity contribution is 0.0401. The van der Waals surface area contributed by atoms with Crippen molar-refractivity contribution in [3.05, 3.63) is 48.6 Å². The lowest BCUT2D eigenvalue weighted by atomic mass is 10.1. The SMILES string of the molecule is CCCCC/C=C\C/C=C\CCCCCCCCO[C@@H]1C(CN(C)C)[C@@H]1OCCCCCCCC/C=C\C/C=C\CCCCC. The van der Waals surface area contributed by atoms with Crippen LogP contribution in [0.1, 0.15) is 168 Å². The highest BCUT2D eigenvalue weighted by molar-refractivity contribution is 5.02. The van der Waals surface area contributed by atoms with Crippen LogP contribution in [-0.2, 0) is 9.47 Å². The second-order valence-corrected chi connectivity index (χ2v) is 13.8. The van der Waals surface area contributed by atoms with E-state index in [2.05, 4.69) is 81.5 Å². The van der Waals surface area contributed by atoms with Crippen molar-refractivity contribution in [1.29, 1.82) is 0 Å². The molecule has 1 aliphatic carbocycles. The first-order chi connectivity index (χ1) is 22.2. The highest BCUT2D eigenvalue weighted by Gasteiger charge is 2.52. The molecule has 0 aromatic heterocycles. The molecule has 0 saturated heterocycles. The predicted molar refractivity (Wildman–Crippen MR) is 200 cm³/mol. The van der Waals surface area contributed by atoms with E-state index in [1.54, 1.807) is 0 Å². The number of ether oxygens (including phenoxy) is 2. The van der Waals surface area contributed by atoms with Gasteiger partial charge < -0.3 is 14.4 Å². The smallest absolute Gasteiger partial charge is 0.0907 e. The molecular formula is C42H77NO2. The second kappa shape index (κ2) is 32.8. The number of nitrogens with zero attached hydrogens (tertiary/aromatic N) is 1. The van der Waals surface area contributed by atoms with E-state index in [0.29, 0.717) is 18.1 Å². The Kier molecular flexibility index (Phi) is 30.5. The molecular weight excluding hydrogens is 550 g/mol. The molecule has 1 aliphatic rings. The van der Waals surface area contributed by atoms with E-state index in [1.807, 2.05) is 0 Å². The van der Waals surface area contributed by atoms with E-state index in [-0.39, 0.29) is 0 Å². The van der Waals surface area contributed by atoms with Gasteiger partial charge in [-0.2, -0.15) is 0 Å². The Balaban J connectivity index is 1.94. The molecule has 1 rings (SSSR count). The van der Waals surface area contributed by atoms with Crippen LogP contribution in [0.25, 0.3) is 0 Å². The Labute approximate surface area is 282 Å². The fraction of sp³-hybridized carbons (Fsp3) is 0.810. The summed E-state index contributed by atoms with van der Waals surface area (Å²) in [5.41, 5.74) is 0. The fourth-order valence-electron chi connectivity index (χ4n) is 6.00. The third-order valence-electron chi connectivity index (χ3n) is 8.91. The first-order valence-electron chi connectivity index (χ1n) is 19.7. The van der Waals surface area contributed by atoms with E-state index >= 15 is 0 Å². The zero-order chi connectivity index (χ0) is 32.5. The van der Waals surface area contributed by atoms with Crippen LogP contribution in [0, 0.1) is 5.92 Å². The minimum atomic E-state index is 0.315. The average Bonchev–Trinajstić information content (AvgIpc) is 3.68. The average molecular weight is 628 g/mol. The molecule has 0 heterocycles. The van der Waals surface area contributed by atoms with Gasteiger partial charge in [0.2, 0.25) is 0 Å². The first-order valence-corrected chi connectivity index (χ1v) is 19.7. The molecule has 3 nitrogen and oxygen atoms in total. The molecule has 0 bridgehead atoms. The topological polar surface area (TPSA) is 21.7 Å². The van der Waals surface area contributed by atoms with Gasteiger partial charge in [-0.15, -0.1) is 0 Å². The number of unbranched alkanes of at least 4 members (excludes halogenated alkanes) is 18. The summed E-state index contributed by atoms with van der Waals surface area (Å²) in [4.78, 5) is 2.28. The van der Waals surface area contributed by atoms with Crippen molar-refractivity contribution in [3.8, 4) is 0 Å². The first kappa shape index (κ1) is 41.9. The van der Waals surface area contributed by atoms with Crippen molar-refractivity contribution in [2.24, 2.45) is 5.92 Å². The van der Waals surface area contributed by atoms with Gasteiger partial charge >= 0.3 is 0 Å². The van der Waals surface area contributed by atoms with Crippen LogP contribution in [0.5, 0.6) is 0 Å². The highest BCUT2D eigenvalue weighted by Crippen LogP contribution is 2.38. The molecule has 1 saturated carbocycles. The molecule has 0 aliphatic heterocycles. The molecule has 45 heavy (non-hydrogen) atoms. The minimum Gasteiger partial charge on any atom is -0.375 e. The summed E-state index contributed by atoms with van der Waals surface area (Å²) in [6, 6.07) is 0. The lowest BCUT2D eigenvalue weighted by Crippen LogP contribution is -2.17. The van der Waals surface area contributed by atoms with Crippen LogP contribution < -0.4 is 0 Å². The Bertz CT molecular complexity index is 668. The van der Waals surface area contributed by atoms with Crippen LogP contribution in [0.3, 0.4) is 0 Å². The third-order valence-corrected chi connectivity index (χ3v) is 8.91. The maximum atomic E-state index is 6.31. The molecule has 0 radical (unpaired) electrons. The lowest BCUT2D eigenvalue weighted by Gasteiger charge is -2.08. The summed E-state index contributed by atoms with van der Waals surface area (Å²) >= 11 is 0. The van der Waals surface area contributed by atoms with Crippen LogP contribution in [0.2, 0.25) is 0 Å². The normalized spacial score (nSPS) is 18.6. The monoisotopic (exact) mass is 628 g/mol. The van der Waals surface area contributed by atoms with E-state index in [0.717, 1.165) is 32.6 Å². The van der Waals surface area contributed by atoms with Gasteiger partial charge in [-0.25, -0.2) is 0 Å². The number of hydrogen-bond donors (Lipinski definition) is 0. The Morgan fingerprint density at radius 2 is 0.756 bits per heavy atom. The van der Waals surface area contributed by atoms with E-state index in [4.69, 9.17) is 9.47 Å². The van der Waals surface area contributed by atoms with Crippen LogP contribution in [0.4, 0.5) is 0 Å².